The number of rotatable bonds is 2. The third-order valence-electron chi connectivity index (χ3n) is 11.4. The van der Waals surface area contributed by atoms with Gasteiger partial charge >= 0.3 is 19.5 Å². The Bertz CT molecular complexity index is 2690. The van der Waals surface area contributed by atoms with Gasteiger partial charge in [-0.2, -0.15) is 26.3 Å². The normalized spacial score (nSPS) is 12.4. The highest BCUT2D eigenvalue weighted by molar-refractivity contribution is 9.10. The van der Waals surface area contributed by atoms with Gasteiger partial charge in [-0.3, -0.25) is 0 Å². The lowest BCUT2D eigenvalue weighted by molar-refractivity contribution is -0.143. The summed E-state index contributed by atoms with van der Waals surface area (Å²) in [5, 5.41) is 0. The molecule has 7 aromatic carbocycles. The van der Waals surface area contributed by atoms with Gasteiger partial charge in [-0.15, -0.1) is 0 Å². The molecule has 8 rings (SSSR count). The zero-order valence-electron chi connectivity index (χ0n) is 49.3. The average Bonchev–Trinajstić information content (AvgIpc) is 3.58. The molecule has 2 N–H and O–H groups in total. The van der Waals surface area contributed by atoms with Gasteiger partial charge in [0.1, 0.15) is 11.3 Å². The Labute approximate surface area is 482 Å². The fraction of sp³-hybridized carbons (Fsp3) is 0.333. The van der Waals surface area contributed by atoms with Gasteiger partial charge in [-0.1, -0.05) is 140 Å². The molecule has 0 radical (unpaired) electrons. The van der Waals surface area contributed by atoms with Crippen LogP contribution in [0.3, 0.4) is 0 Å². The highest BCUT2D eigenvalue weighted by atomic mass is 79.9. The Hall–Kier alpha value is -6.34. The second kappa shape index (κ2) is 36.2. The molecule has 0 spiro atoms. The minimum absolute atomic E-state index is 0.0648. The van der Waals surface area contributed by atoms with Crippen LogP contribution < -0.4 is 15.4 Å². The molecule has 18 heteroatoms. The first kappa shape index (κ1) is 74.7. The maximum Gasteiger partial charge on any atom is 0.454 e. The fourth-order valence-electron chi connectivity index (χ4n) is 6.02. The molecule has 1 saturated heterocycles. The molecular formula is C63H78BBrF10N2O4. The van der Waals surface area contributed by atoms with Crippen molar-refractivity contribution in [3.63, 3.8) is 0 Å². The summed E-state index contributed by atoms with van der Waals surface area (Å²) in [5.41, 5.74) is 10.2. The number of methoxy groups -OCH3 is 2. The zero-order valence-corrected chi connectivity index (χ0v) is 50.9. The number of anilines is 2. The van der Waals surface area contributed by atoms with E-state index in [1.165, 1.54) is 45.6 Å². The van der Waals surface area contributed by atoms with E-state index in [-0.39, 0.29) is 18.3 Å². The van der Waals surface area contributed by atoms with E-state index in [2.05, 4.69) is 129 Å². The predicted molar refractivity (Wildman–Crippen MR) is 316 cm³/mol. The summed E-state index contributed by atoms with van der Waals surface area (Å²) in [7, 11) is 8.95. The van der Waals surface area contributed by atoms with Crippen molar-refractivity contribution in [1.82, 2.24) is 0 Å². The van der Waals surface area contributed by atoms with Crippen LogP contribution in [0, 0.1) is 71.7 Å². The van der Waals surface area contributed by atoms with Crippen molar-refractivity contribution in [3.05, 3.63) is 229 Å². The van der Waals surface area contributed by atoms with Crippen molar-refractivity contribution in [3.8, 4) is 5.75 Å². The fourth-order valence-corrected chi connectivity index (χ4v) is 6.29. The molecule has 1 aliphatic heterocycles. The van der Waals surface area contributed by atoms with Crippen LogP contribution in [-0.4, -0.2) is 53.7 Å². The smallest absolute Gasteiger partial charge is 0.454 e. The number of nitrogens with zero attached hydrogens (tertiary/aromatic N) is 1. The summed E-state index contributed by atoms with van der Waals surface area (Å²) in [6.45, 7) is 22.9. The van der Waals surface area contributed by atoms with E-state index in [4.69, 9.17) is 19.8 Å². The molecule has 0 aliphatic carbocycles. The van der Waals surface area contributed by atoms with Gasteiger partial charge in [-0.05, 0) is 144 Å². The third-order valence-corrected chi connectivity index (χ3v) is 11.9. The first-order valence-corrected chi connectivity index (χ1v) is 25.9. The average molecular weight is 1210 g/mol. The summed E-state index contributed by atoms with van der Waals surface area (Å²) in [5.74, 6) is -8.03. The van der Waals surface area contributed by atoms with Crippen LogP contribution in [0.2, 0.25) is 6.82 Å². The van der Waals surface area contributed by atoms with E-state index >= 15 is 0 Å². The number of nitrogens with two attached hydrogens (primary N) is 1. The van der Waals surface area contributed by atoms with Crippen molar-refractivity contribution in [2.45, 2.75) is 107 Å². The molecule has 1 heterocycles. The molecule has 444 valence electrons. The number of alkyl halides is 6. The van der Waals surface area contributed by atoms with Crippen LogP contribution in [-0.2, 0) is 26.4 Å². The molecule has 1 aliphatic rings. The van der Waals surface area contributed by atoms with Crippen molar-refractivity contribution < 1.29 is 62.7 Å². The van der Waals surface area contributed by atoms with E-state index < -0.39 is 52.3 Å². The number of ether oxygens (including phenoxy) is 2. The number of hydrogen-bond donors (Lipinski definition) is 1. The van der Waals surface area contributed by atoms with E-state index in [1.54, 1.807) is 28.3 Å². The molecule has 1 fully saturated rings. The van der Waals surface area contributed by atoms with Crippen molar-refractivity contribution in [1.29, 1.82) is 0 Å². The highest BCUT2D eigenvalue weighted by Crippen LogP contribution is 2.37. The van der Waals surface area contributed by atoms with E-state index in [0.29, 0.717) is 6.92 Å². The maximum absolute atomic E-state index is 12.7. The lowest BCUT2D eigenvalue weighted by Crippen LogP contribution is -2.41. The highest BCUT2D eigenvalue weighted by Gasteiger charge is 2.49. The predicted octanol–water partition coefficient (Wildman–Crippen LogP) is 18.9. The van der Waals surface area contributed by atoms with Crippen LogP contribution in [0.5, 0.6) is 5.75 Å². The van der Waals surface area contributed by atoms with Crippen LogP contribution in [0.15, 0.2) is 156 Å². The van der Waals surface area contributed by atoms with Crippen LogP contribution in [0.25, 0.3) is 0 Å². The van der Waals surface area contributed by atoms with Crippen LogP contribution >= 0.6 is 15.9 Å². The largest absolute Gasteiger partial charge is 0.497 e. The summed E-state index contributed by atoms with van der Waals surface area (Å²) in [4.78, 5) is 2.10. The standard InChI is InChI=1S/C9H13N.C8H3F7.C8H7F3.C8H10O.C7H15BO2.C7H7Br.C7H9N.C7H8.C2H6O/c1-8-4-6-9(7-5-8)10(2)3;1-2-4(9)6(11)3(8(13,14)15)7(12)5(2)10;1-6-2-4-7(5-3-6)8(9,10)11;1-7-3-5-8(9-2)6-4-7;1-6(2)7(3,4)10-8(5)9-6;2*1-6-2-4-7(8)5-3-6;1-7-5-3-2-4-6-7;1-3-2/h4-7H,1-3H3;1H3;2-5H,1H3;3-6H,1-2H3;1-5H3;2-5H,1H3;2-5H,8H2,1H3;2-6H,1H3;1-2H3. The lowest BCUT2D eigenvalue weighted by Gasteiger charge is -2.32. The minimum Gasteiger partial charge on any atom is -0.497 e. The Morgan fingerprint density at radius 3 is 1.06 bits per heavy atom. The topological polar surface area (TPSA) is 66.2 Å². The molecular weight excluding hydrogens is 1130 g/mol. The number of nitrogen functional groups attached to an aromatic ring is 1. The Morgan fingerprint density at radius 1 is 0.481 bits per heavy atom. The summed E-state index contributed by atoms with van der Waals surface area (Å²) < 4.78 is 144. The van der Waals surface area contributed by atoms with Gasteiger partial charge in [0.25, 0.3) is 0 Å². The molecule has 6 nitrogen and oxygen atoms in total. The second-order valence-electron chi connectivity index (χ2n) is 19.5. The van der Waals surface area contributed by atoms with Gasteiger partial charge < -0.3 is 29.4 Å². The molecule has 0 saturated carbocycles. The molecule has 0 aromatic heterocycles. The van der Waals surface area contributed by atoms with Gasteiger partial charge in [0.2, 0.25) is 0 Å². The van der Waals surface area contributed by atoms with E-state index in [1.807, 2.05) is 107 Å². The zero-order chi connectivity index (χ0) is 62.5. The Kier molecular flexibility index (Phi) is 33.4. The summed E-state index contributed by atoms with van der Waals surface area (Å²) >= 11 is 3.35. The minimum atomic E-state index is -5.48. The van der Waals surface area contributed by atoms with Gasteiger partial charge in [0.15, 0.2) is 23.3 Å². The summed E-state index contributed by atoms with van der Waals surface area (Å²) in [6.07, 6.45) is -9.70. The third kappa shape index (κ3) is 29.8. The van der Waals surface area contributed by atoms with E-state index in [9.17, 15) is 43.9 Å². The molecule has 0 unspecified atom stereocenters. The summed E-state index contributed by atoms with van der Waals surface area (Å²) in [6, 6.07) is 47.8. The van der Waals surface area contributed by atoms with Crippen LogP contribution in [0.4, 0.5) is 55.3 Å². The molecule has 81 heavy (non-hydrogen) atoms. The molecule has 0 bridgehead atoms. The molecule has 0 atom stereocenters. The van der Waals surface area contributed by atoms with Gasteiger partial charge in [0, 0.05) is 49.7 Å². The number of halogens is 11. The van der Waals surface area contributed by atoms with Crippen molar-refractivity contribution in [2.75, 3.05) is 46.1 Å². The number of benzene rings is 7. The SMILES string of the molecule is CB1OC(C)(C)C(C)(C)O1.COC.COc1ccc(C)cc1.Cc1c(F)c(F)c(C(F)(F)F)c(F)c1F.Cc1ccc(Br)cc1.Cc1ccc(C(F)(F)F)cc1.Cc1ccc(N(C)C)cc1.Cc1ccc(N)cc1.Cc1ccccc1. The first-order valence-electron chi connectivity index (χ1n) is 25.1. The van der Waals surface area contributed by atoms with Gasteiger partial charge in [0.05, 0.1) is 23.9 Å². The monoisotopic (exact) mass is 1210 g/mol. The lowest BCUT2D eigenvalue weighted by atomic mass is 9.90. The number of aryl methyl sites for hydroxylation is 6. The maximum atomic E-state index is 12.7. The second-order valence-corrected chi connectivity index (χ2v) is 20.4. The van der Waals surface area contributed by atoms with Gasteiger partial charge in [-0.25, -0.2) is 17.6 Å². The molecule has 0 amide bonds. The molecule has 7 aromatic rings. The van der Waals surface area contributed by atoms with E-state index in [0.717, 1.165) is 33.6 Å². The van der Waals surface area contributed by atoms with Crippen molar-refractivity contribution >= 4 is 34.4 Å². The Morgan fingerprint density at radius 2 is 0.802 bits per heavy atom. The number of hydrogen-bond acceptors (Lipinski definition) is 6. The first-order chi connectivity index (χ1) is 37.4. The Balaban J connectivity index is 0.000000904. The van der Waals surface area contributed by atoms with Crippen molar-refractivity contribution in [2.24, 2.45) is 0 Å². The van der Waals surface area contributed by atoms with Crippen LogP contribution in [0.1, 0.15) is 77.8 Å². The quantitative estimate of drug-likeness (QED) is 0.0805.